The highest BCUT2D eigenvalue weighted by Gasteiger charge is 2.54. The van der Waals surface area contributed by atoms with Gasteiger partial charge in [0, 0.05) is 0 Å². The molecule has 3 saturated heterocycles. The molecule has 0 aromatic carbocycles. The molecule has 0 radical (unpaired) electrons. The Morgan fingerprint density at radius 3 is 2.56 bits per heavy atom. The lowest BCUT2D eigenvalue weighted by molar-refractivity contribution is -0.151. The summed E-state index contributed by atoms with van der Waals surface area (Å²) in [5.74, 6) is -0.949. The van der Waals surface area contributed by atoms with E-state index >= 15 is 0 Å². The Labute approximate surface area is 105 Å². The quantitative estimate of drug-likeness (QED) is 0.686. The molecule has 98 valence electrons. The van der Waals surface area contributed by atoms with Gasteiger partial charge in [-0.05, 0) is 33.1 Å². The summed E-state index contributed by atoms with van der Waals surface area (Å²) >= 11 is 0. The number of carbonyl (C=O) groups excluding carboxylic acids is 3. The summed E-state index contributed by atoms with van der Waals surface area (Å²) < 4.78 is 5.67. The number of hydrogen-bond acceptors (Lipinski definition) is 4. The van der Waals surface area contributed by atoms with E-state index in [1.54, 1.807) is 0 Å². The lowest BCUT2D eigenvalue weighted by Gasteiger charge is -2.39. The number of ether oxygens (including phenoxy) is 1. The lowest BCUT2D eigenvalue weighted by atomic mass is 9.86. The van der Waals surface area contributed by atoms with Gasteiger partial charge in [-0.2, -0.15) is 0 Å². The van der Waals surface area contributed by atoms with E-state index in [9.17, 15) is 14.4 Å². The molecule has 1 N–H and O–H groups in total. The molecule has 0 saturated carbocycles. The number of fused-ring (bicyclic) bond motifs is 2. The van der Waals surface area contributed by atoms with Gasteiger partial charge in [0.25, 0.3) is 0 Å². The van der Waals surface area contributed by atoms with Crippen LogP contribution >= 0.6 is 0 Å². The molecule has 3 heterocycles. The van der Waals surface area contributed by atoms with Gasteiger partial charge >= 0.3 is 6.03 Å². The summed E-state index contributed by atoms with van der Waals surface area (Å²) in [4.78, 5) is 37.0. The largest absolute Gasteiger partial charge is 0.373 e. The molecular formula is C12H16N2O4. The highest BCUT2D eigenvalue weighted by Crippen LogP contribution is 2.39. The Morgan fingerprint density at radius 2 is 2.00 bits per heavy atom. The molecule has 6 nitrogen and oxygen atoms in total. The Morgan fingerprint density at radius 1 is 1.28 bits per heavy atom. The minimum atomic E-state index is -1.18. The molecule has 0 aliphatic carbocycles. The van der Waals surface area contributed by atoms with Gasteiger partial charge < -0.3 is 4.74 Å². The van der Waals surface area contributed by atoms with Crippen LogP contribution in [0, 0.1) is 5.41 Å². The van der Waals surface area contributed by atoms with Crippen LogP contribution in [-0.2, 0) is 14.3 Å². The number of amides is 4. The molecule has 3 rings (SSSR count). The maximum absolute atomic E-state index is 12.3. The van der Waals surface area contributed by atoms with Gasteiger partial charge in [-0.1, -0.05) is 0 Å². The molecule has 3 atom stereocenters. The van der Waals surface area contributed by atoms with Crippen LogP contribution in [0.3, 0.4) is 0 Å². The lowest BCUT2D eigenvalue weighted by Crippen LogP contribution is -2.65. The molecular weight excluding hydrogens is 236 g/mol. The minimum absolute atomic E-state index is 0.0614. The van der Waals surface area contributed by atoms with Crippen molar-refractivity contribution in [3.8, 4) is 0 Å². The van der Waals surface area contributed by atoms with Crippen molar-refractivity contribution in [3.63, 3.8) is 0 Å². The van der Waals surface area contributed by atoms with Crippen molar-refractivity contribution in [1.82, 2.24) is 10.2 Å². The molecule has 3 fully saturated rings. The molecule has 4 amide bonds. The monoisotopic (exact) mass is 252 g/mol. The second-order valence-corrected chi connectivity index (χ2v) is 5.74. The number of nitrogens with zero attached hydrogens (tertiary/aromatic N) is 1. The normalized spacial score (nSPS) is 38.2. The summed E-state index contributed by atoms with van der Waals surface area (Å²) in [6, 6.07) is -0.825. The smallest absolute Gasteiger partial charge is 0.331 e. The van der Waals surface area contributed by atoms with Crippen molar-refractivity contribution in [1.29, 1.82) is 0 Å². The average molecular weight is 252 g/mol. The van der Waals surface area contributed by atoms with Crippen molar-refractivity contribution in [2.24, 2.45) is 5.41 Å². The Bertz CT molecular complexity index is 445. The molecule has 3 aliphatic rings. The third-order valence-corrected chi connectivity index (χ3v) is 4.17. The molecule has 3 unspecified atom stereocenters. The number of rotatable bonds is 1. The van der Waals surface area contributed by atoms with Crippen molar-refractivity contribution in [2.45, 2.75) is 51.4 Å². The Hall–Kier alpha value is -1.43. The van der Waals surface area contributed by atoms with Crippen LogP contribution in [0.1, 0.15) is 33.1 Å². The van der Waals surface area contributed by atoms with E-state index in [1.807, 2.05) is 0 Å². The first-order chi connectivity index (χ1) is 8.41. The summed E-state index contributed by atoms with van der Waals surface area (Å²) in [5, 5.41) is 2.26. The number of carbonyl (C=O) groups is 3. The van der Waals surface area contributed by atoms with E-state index in [2.05, 4.69) is 5.32 Å². The average Bonchev–Trinajstić information content (AvgIpc) is 2.89. The fourth-order valence-corrected chi connectivity index (χ4v) is 2.99. The number of imide groups is 2. The second kappa shape index (κ2) is 3.54. The third kappa shape index (κ3) is 1.41. The van der Waals surface area contributed by atoms with Crippen LogP contribution < -0.4 is 5.32 Å². The molecule has 3 aliphatic heterocycles. The topological polar surface area (TPSA) is 75.7 Å². The molecule has 0 spiro atoms. The molecule has 18 heavy (non-hydrogen) atoms. The fraction of sp³-hybridized carbons (Fsp3) is 0.750. The van der Waals surface area contributed by atoms with Crippen LogP contribution in [0.2, 0.25) is 0 Å². The summed E-state index contributed by atoms with van der Waals surface area (Å²) in [7, 11) is 0. The zero-order valence-corrected chi connectivity index (χ0v) is 10.4. The fourth-order valence-electron chi connectivity index (χ4n) is 2.99. The predicted molar refractivity (Wildman–Crippen MR) is 60.5 cm³/mol. The molecule has 0 aromatic rings. The van der Waals surface area contributed by atoms with Crippen LogP contribution in [0.25, 0.3) is 0 Å². The first kappa shape index (κ1) is 11.6. The second-order valence-electron chi connectivity index (χ2n) is 5.74. The van der Waals surface area contributed by atoms with Crippen molar-refractivity contribution < 1.29 is 19.1 Å². The maximum atomic E-state index is 12.3. The summed E-state index contributed by atoms with van der Waals surface area (Å²) in [6.07, 6.45) is 2.65. The van der Waals surface area contributed by atoms with E-state index < -0.39 is 23.3 Å². The highest BCUT2D eigenvalue weighted by molar-refractivity contribution is 6.18. The van der Waals surface area contributed by atoms with Gasteiger partial charge in [-0.15, -0.1) is 0 Å². The number of urea groups is 1. The van der Waals surface area contributed by atoms with Crippen molar-refractivity contribution in [3.05, 3.63) is 0 Å². The SMILES string of the molecule is CC1(C)C(=O)NC(=O)N(C2CC3CCC2O3)C1=O. The third-order valence-electron chi connectivity index (χ3n) is 4.17. The molecule has 6 heteroatoms. The van der Waals surface area contributed by atoms with Crippen LogP contribution in [0.4, 0.5) is 4.79 Å². The van der Waals surface area contributed by atoms with E-state index in [1.165, 1.54) is 18.7 Å². The summed E-state index contributed by atoms with van der Waals surface area (Å²) in [5.41, 5.74) is -1.18. The Kier molecular flexibility index (Phi) is 2.29. The van der Waals surface area contributed by atoms with E-state index in [-0.39, 0.29) is 18.2 Å². The number of barbiturate groups is 1. The zero-order chi connectivity index (χ0) is 13.1. The van der Waals surface area contributed by atoms with Crippen molar-refractivity contribution >= 4 is 17.8 Å². The number of hydrogen-bond donors (Lipinski definition) is 1. The van der Waals surface area contributed by atoms with Gasteiger partial charge in [0.1, 0.15) is 5.41 Å². The molecule has 0 aromatic heterocycles. The van der Waals surface area contributed by atoms with Gasteiger partial charge in [0.05, 0.1) is 18.2 Å². The highest BCUT2D eigenvalue weighted by atomic mass is 16.5. The first-order valence-corrected chi connectivity index (χ1v) is 6.26. The van der Waals surface area contributed by atoms with E-state index in [0.29, 0.717) is 6.42 Å². The Balaban J connectivity index is 1.89. The van der Waals surface area contributed by atoms with Crippen LogP contribution in [0.15, 0.2) is 0 Å². The standard InChI is InChI=1S/C12H16N2O4/c1-12(2)9(15)13-11(17)14(10(12)16)7-5-6-3-4-8(7)18-6/h6-8H,3-5H2,1-2H3,(H,13,15,17). The number of nitrogens with one attached hydrogen (secondary N) is 1. The van der Waals surface area contributed by atoms with Gasteiger partial charge in [0.2, 0.25) is 11.8 Å². The maximum Gasteiger partial charge on any atom is 0.331 e. The van der Waals surface area contributed by atoms with Gasteiger partial charge in [-0.3, -0.25) is 19.8 Å². The minimum Gasteiger partial charge on any atom is -0.373 e. The van der Waals surface area contributed by atoms with E-state index in [0.717, 1.165) is 12.8 Å². The van der Waals surface area contributed by atoms with Gasteiger partial charge in [-0.25, -0.2) is 4.79 Å². The van der Waals surface area contributed by atoms with Crippen LogP contribution in [0.5, 0.6) is 0 Å². The zero-order valence-electron chi connectivity index (χ0n) is 10.4. The van der Waals surface area contributed by atoms with Crippen molar-refractivity contribution in [2.75, 3.05) is 0 Å². The van der Waals surface area contributed by atoms with Crippen LogP contribution in [-0.4, -0.2) is 41.0 Å². The predicted octanol–water partition coefficient (Wildman–Crippen LogP) is 0.411. The molecule has 2 bridgehead atoms. The summed E-state index contributed by atoms with van der Waals surface area (Å²) in [6.45, 7) is 3.08. The first-order valence-electron chi connectivity index (χ1n) is 6.26. The van der Waals surface area contributed by atoms with E-state index in [4.69, 9.17) is 4.74 Å². The van der Waals surface area contributed by atoms with Gasteiger partial charge in [0.15, 0.2) is 0 Å².